The highest BCUT2D eigenvalue weighted by Crippen LogP contribution is 1.92. The topological polar surface area (TPSA) is 50.2 Å². The summed E-state index contributed by atoms with van der Waals surface area (Å²) in [4.78, 5) is 7.27. The van der Waals surface area contributed by atoms with E-state index in [0.717, 1.165) is 0 Å². The molecule has 0 aromatic carbocycles. The van der Waals surface area contributed by atoms with Gasteiger partial charge in [-0.1, -0.05) is 6.08 Å². The summed E-state index contributed by atoms with van der Waals surface area (Å²) in [6.07, 6.45) is 12.3. The van der Waals surface area contributed by atoms with Gasteiger partial charge in [-0.05, 0) is 29.8 Å². The molecule has 1 aromatic rings. The van der Waals surface area contributed by atoms with Crippen LogP contribution in [0.1, 0.15) is 0 Å². The molecule has 0 saturated carbocycles. The Morgan fingerprint density at radius 1 is 1.07 bits per heavy atom. The van der Waals surface area contributed by atoms with E-state index in [4.69, 9.17) is 11.6 Å². The molecule has 5 heteroatoms. The van der Waals surface area contributed by atoms with Gasteiger partial charge in [-0.3, -0.25) is 5.43 Å². The molecular weight excluding hydrogens is 200 g/mol. The zero-order valence-corrected chi connectivity index (χ0v) is 8.09. The van der Waals surface area contributed by atoms with Crippen LogP contribution in [0.25, 0.3) is 0 Å². The summed E-state index contributed by atoms with van der Waals surface area (Å²) in [5.41, 5.74) is 2.67. The predicted molar refractivity (Wildman–Crippen MR) is 56.9 cm³/mol. The average Bonchev–Trinajstić information content (AvgIpc) is 2.51. The first kappa shape index (κ1) is 10.4. The van der Waals surface area contributed by atoms with Crippen LogP contribution in [0.3, 0.4) is 0 Å². The molecule has 0 saturated heterocycles. The van der Waals surface area contributed by atoms with Gasteiger partial charge in [0.2, 0.25) is 5.28 Å². The number of allylic oxidation sites excluding steroid dienone is 3. The van der Waals surface area contributed by atoms with Crippen LogP contribution in [0.2, 0.25) is 5.28 Å². The van der Waals surface area contributed by atoms with Gasteiger partial charge >= 0.3 is 0 Å². The van der Waals surface area contributed by atoms with E-state index in [1.54, 1.807) is 30.9 Å². The predicted octanol–water partition coefficient (Wildman–Crippen LogP) is 1.78. The number of hydrogen-bond acceptors (Lipinski definition) is 4. The Morgan fingerprint density at radius 3 is 2.50 bits per heavy atom. The van der Waals surface area contributed by atoms with Crippen LogP contribution in [0.15, 0.2) is 48.0 Å². The van der Waals surface area contributed by atoms with Crippen molar-refractivity contribution >= 4 is 17.8 Å². The van der Waals surface area contributed by atoms with Crippen molar-refractivity contribution in [2.45, 2.75) is 0 Å². The largest absolute Gasteiger partial charge is 0.286 e. The third-order valence-corrected chi connectivity index (χ3v) is 1.36. The highest BCUT2D eigenvalue weighted by molar-refractivity contribution is 6.28. The second-order valence-electron chi connectivity index (χ2n) is 2.17. The summed E-state index contributed by atoms with van der Waals surface area (Å²) >= 11 is 5.32. The lowest BCUT2D eigenvalue weighted by molar-refractivity contribution is 0.980. The van der Waals surface area contributed by atoms with Gasteiger partial charge in [0.25, 0.3) is 0 Å². The number of hydrogen-bond donors (Lipinski definition) is 1. The fraction of sp³-hybridized carbons (Fsp3) is 0. The van der Waals surface area contributed by atoms with Gasteiger partial charge in [0, 0.05) is 24.8 Å². The maximum atomic E-state index is 5.32. The van der Waals surface area contributed by atoms with Crippen molar-refractivity contribution in [1.82, 2.24) is 15.4 Å². The lowest BCUT2D eigenvalue weighted by Gasteiger charge is -1.78. The monoisotopic (exact) mass is 208 g/mol. The summed E-state index contributed by atoms with van der Waals surface area (Å²) in [6.45, 7) is 0. The molecule has 72 valence electrons. The van der Waals surface area contributed by atoms with Crippen LogP contribution in [-0.4, -0.2) is 16.2 Å². The van der Waals surface area contributed by atoms with Crippen LogP contribution >= 0.6 is 11.6 Å². The Labute approximate surface area is 87.0 Å². The van der Waals surface area contributed by atoms with E-state index >= 15 is 0 Å². The first-order valence-electron chi connectivity index (χ1n) is 3.92. The lowest BCUT2D eigenvalue weighted by atomic mass is 10.5. The van der Waals surface area contributed by atoms with Crippen molar-refractivity contribution in [1.29, 1.82) is 0 Å². The highest BCUT2D eigenvalue weighted by Gasteiger charge is 1.78. The fourth-order valence-electron chi connectivity index (χ4n) is 0.622. The SMILES string of the molecule is C1=CC=NNC=C1.Clc1ncccn1. The minimum Gasteiger partial charge on any atom is -0.286 e. The minimum absolute atomic E-state index is 0.294. The molecule has 2 heterocycles. The molecule has 0 amide bonds. The van der Waals surface area contributed by atoms with E-state index in [9.17, 15) is 0 Å². The molecule has 1 N–H and O–H groups in total. The summed E-state index contributed by atoms with van der Waals surface area (Å²) in [5.74, 6) is 0. The Morgan fingerprint density at radius 2 is 1.86 bits per heavy atom. The minimum atomic E-state index is 0.294. The Kier molecular flexibility index (Phi) is 5.05. The van der Waals surface area contributed by atoms with Crippen molar-refractivity contribution in [2.75, 3.05) is 0 Å². The molecule has 1 aliphatic rings. The number of aromatic nitrogens is 2. The first-order chi connectivity index (χ1) is 6.89. The van der Waals surface area contributed by atoms with Crippen LogP contribution < -0.4 is 5.43 Å². The van der Waals surface area contributed by atoms with E-state index in [1.165, 1.54) is 0 Å². The number of nitrogens with one attached hydrogen (secondary N) is 1. The molecule has 1 aromatic heterocycles. The van der Waals surface area contributed by atoms with Crippen molar-refractivity contribution in [3.63, 3.8) is 0 Å². The third-order valence-electron chi connectivity index (χ3n) is 1.16. The van der Waals surface area contributed by atoms with E-state index in [0.29, 0.717) is 5.28 Å². The zero-order valence-electron chi connectivity index (χ0n) is 7.34. The molecule has 0 fully saturated rings. The fourth-order valence-corrected chi connectivity index (χ4v) is 0.735. The maximum absolute atomic E-state index is 5.32. The molecule has 2 rings (SSSR count). The molecule has 0 atom stereocenters. The number of nitrogens with zero attached hydrogens (tertiary/aromatic N) is 3. The Bertz CT molecular complexity index is 318. The molecule has 0 aliphatic carbocycles. The summed E-state index contributed by atoms with van der Waals surface area (Å²) in [6, 6.07) is 1.71. The van der Waals surface area contributed by atoms with Gasteiger partial charge in [0.05, 0.1) is 0 Å². The van der Waals surface area contributed by atoms with Crippen molar-refractivity contribution in [2.24, 2.45) is 5.10 Å². The summed E-state index contributed by atoms with van der Waals surface area (Å²) in [5, 5.41) is 4.02. The van der Waals surface area contributed by atoms with Gasteiger partial charge in [0.15, 0.2) is 0 Å². The van der Waals surface area contributed by atoms with Gasteiger partial charge < -0.3 is 0 Å². The van der Waals surface area contributed by atoms with E-state index in [2.05, 4.69) is 20.5 Å². The maximum Gasteiger partial charge on any atom is 0.222 e. The van der Waals surface area contributed by atoms with Gasteiger partial charge in [-0.15, -0.1) is 0 Å². The molecule has 1 aliphatic heterocycles. The van der Waals surface area contributed by atoms with E-state index in [-0.39, 0.29) is 0 Å². The first-order valence-corrected chi connectivity index (χ1v) is 4.30. The second kappa shape index (κ2) is 6.80. The Balaban J connectivity index is 0.000000140. The van der Waals surface area contributed by atoms with Crippen LogP contribution in [-0.2, 0) is 0 Å². The second-order valence-corrected chi connectivity index (χ2v) is 2.51. The van der Waals surface area contributed by atoms with Crippen LogP contribution in [0.4, 0.5) is 0 Å². The lowest BCUT2D eigenvalue weighted by Crippen LogP contribution is -1.89. The molecule has 0 bridgehead atoms. The van der Waals surface area contributed by atoms with Crippen molar-refractivity contribution < 1.29 is 0 Å². The molecule has 0 radical (unpaired) electrons. The number of hydrazone groups is 1. The standard InChI is InChI=1S/C5H6N2.C4H3ClN2/c1-2-4-6-7-5-3-1;5-4-6-2-1-3-7-4/h1-6H;1-3H. The van der Waals surface area contributed by atoms with Crippen molar-refractivity contribution in [3.05, 3.63) is 48.2 Å². The molecule has 0 unspecified atom stereocenters. The molecule has 0 spiro atoms. The van der Waals surface area contributed by atoms with E-state index in [1.807, 2.05) is 18.2 Å². The van der Waals surface area contributed by atoms with Gasteiger partial charge in [0.1, 0.15) is 0 Å². The van der Waals surface area contributed by atoms with Crippen LogP contribution in [0, 0.1) is 0 Å². The molecular formula is C9H9ClN4. The van der Waals surface area contributed by atoms with E-state index < -0.39 is 0 Å². The summed E-state index contributed by atoms with van der Waals surface area (Å²) < 4.78 is 0. The highest BCUT2D eigenvalue weighted by atomic mass is 35.5. The Hall–Kier alpha value is -1.68. The quantitative estimate of drug-likeness (QED) is 0.662. The third kappa shape index (κ3) is 5.05. The van der Waals surface area contributed by atoms with Crippen molar-refractivity contribution in [3.8, 4) is 0 Å². The normalized spacial score (nSPS) is 12.4. The molecule has 14 heavy (non-hydrogen) atoms. The number of rotatable bonds is 0. The average molecular weight is 209 g/mol. The number of halogens is 1. The van der Waals surface area contributed by atoms with Crippen LogP contribution in [0.5, 0.6) is 0 Å². The molecule has 4 nitrogen and oxygen atoms in total. The van der Waals surface area contributed by atoms with Gasteiger partial charge in [-0.25, -0.2) is 9.97 Å². The van der Waals surface area contributed by atoms with Gasteiger partial charge in [-0.2, -0.15) is 5.10 Å². The summed E-state index contributed by atoms with van der Waals surface area (Å²) in [7, 11) is 0. The zero-order chi connectivity index (χ0) is 10.1. The smallest absolute Gasteiger partial charge is 0.222 e.